The monoisotopic (exact) mass is 357 g/mol. The van der Waals surface area contributed by atoms with E-state index in [0.29, 0.717) is 34.3 Å². The van der Waals surface area contributed by atoms with E-state index in [1.165, 1.54) is 10.9 Å². The van der Waals surface area contributed by atoms with Crippen molar-refractivity contribution in [3.63, 3.8) is 0 Å². The summed E-state index contributed by atoms with van der Waals surface area (Å²) in [5.41, 5.74) is 2.83. The van der Waals surface area contributed by atoms with Gasteiger partial charge in [-0.1, -0.05) is 18.2 Å². The van der Waals surface area contributed by atoms with E-state index in [2.05, 4.69) is 21.3 Å². The first-order valence-electron chi connectivity index (χ1n) is 8.25. The van der Waals surface area contributed by atoms with Crippen molar-refractivity contribution in [2.75, 3.05) is 7.11 Å². The van der Waals surface area contributed by atoms with Crippen LogP contribution in [0.4, 0.5) is 0 Å². The van der Waals surface area contributed by atoms with Gasteiger partial charge in [-0.25, -0.2) is 4.98 Å². The van der Waals surface area contributed by atoms with Crippen LogP contribution in [0.25, 0.3) is 22.0 Å². The molecular formula is C20H15N5O2. The molecule has 2 aromatic carbocycles. The lowest BCUT2D eigenvalue weighted by atomic mass is 9.99. The van der Waals surface area contributed by atoms with Gasteiger partial charge in [-0.3, -0.25) is 14.5 Å². The minimum atomic E-state index is -0.260. The molecule has 7 nitrogen and oxygen atoms in total. The van der Waals surface area contributed by atoms with E-state index >= 15 is 0 Å². The lowest BCUT2D eigenvalue weighted by Gasteiger charge is -2.10. The number of methoxy groups -OCH3 is 1. The fraction of sp³-hybridized carbons (Fsp3) is 0.100. The predicted molar refractivity (Wildman–Crippen MR) is 100 cm³/mol. The van der Waals surface area contributed by atoms with Crippen LogP contribution < -0.4 is 10.3 Å². The molecule has 0 fully saturated rings. The third kappa shape index (κ3) is 2.93. The van der Waals surface area contributed by atoms with Crippen LogP contribution in [-0.4, -0.2) is 26.9 Å². The number of benzene rings is 2. The fourth-order valence-corrected chi connectivity index (χ4v) is 3.08. The van der Waals surface area contributed by atoms with Gasteiger partial charge in [-0.2, -0.15) is 10.4 Å². The van der Waals surface area contributed by atoms with Crippen molar-refractivity contribution in [2.24, 2.45) is 0 Å². The second-order valence-corrected chi connectivity index (χ2v) is 6.01. The van der Waals surface area contributed by atoms with Crippen molar-refractivity contribution in [1.29, 1.82) is 5.26 Å². The molecule has 2 aromatic heterocycles. The largest absolute Gasteiger partial charge is 0.497 e. The molecule has 4 aromatic rings. The summed E-state index contributed by atoms with van der Waals surface area (Å²) in [4.78, 5) is 17.5. The Morgan fingerprint density at radius 1 is 1.30 bits per heavy atom. The normalized spacial score (nSPS) is 10.7. The Balaban J connectivity index is 1.88. The summed E-state index contributed by atoms with van der Waals surface area (Å²) in [7, 11) is 1.60. The Kier molecular flexibility index (Phi) is 4.15. The molecule has 0 atom stereocenters. The van der Waals surface area contributed by atoms with Crippen LogP contribution in [0, 0.1) is 11.3 Å². The molecule has 132 valence electrons. The second kappa shape index (κ2) is 6.77. The molecule has 0 amide bonds. The fourth-order valence-electron chi connectivity index (χ4n) is 3.08. The summed E-state index contributed by atoms with van der Waals surface area (Å²) in [6.07, 6.45) is 4.81. The van der Waals surface area contributed by atoms with E-state index in [-0.39, 0.29) is 5.56 Å². The van der Waals surface area contributed by atoms with Gasteiger partial charge in [0.2, 0.25) is 0 Å². The van der Waals surface area contributed by atoms with Crippen molar-refractivity contribution in [2.45, 2.75) is 6.54 Å². The zero-order valence-corrected chi connectivity index (χ0v) is 14.5. The Labute approximate surface area is 154 Å². The SMILES string of the molecule is COc1cccc(Cn2cnc3ccc(-c4cn[nH]c4)c(C#N)c3c2=O)c1. The Morgan fingerprint density at radius 3 is 2.93 bits per heavy atom. The molecule has 4 rings (SSSR count). The first kappa shape index (κ1) is 16.5. The second-order valence-electron chi connectivity index (χ2n) is 6.01. The van der Waals surface area contributed by atoms with E-state index in [0.717, 1.165) is 11.1 Å². The maximum Gasteiger partial charge on any atom is 0.262 e. The van der Waals surface area contributed by atoms with Crippen LogP contribution in [0.3, 0.4) is 0 Å². The number of nitriles is 1. The van der Waals surface area contributed by atoms with E-state index in [4.69, 9.17) is 4.74 Å². The van der Waals surface area contributed by atoms with Crippen LogP contribution in [0.5, 0.6) is 5.75 Å². The van der Waals surface area contributed by atoms with Crippen LogP contribution in [-0.2, 0) is 6.54 Å². The zero-order chi connectivity index (χ0) is 18.8. The zero-order valence-electron chi connectivity index (χ0n) is 14.5. The van der Waals surface area contributed by atoms with Crippen molar-refractivity contribution in [1.82, 2.24) is 19.7 Å². The number of H-pyrrole nitrogens is 1. The van der Waals surface area contributed by atoms with Gasteiger partial charge < -0.3 is 4.74 Å². The van der Waals surface area contributed by atoms with Crippen molar-refractivity contribution >= 4 is 10.9 Å². The van der Waals surface area contributed by atoms with E-state index in [1.807, 2.05) is 24.3 Å². The number of aromatic amines is 1. The Bertz CT molecular complexity index is 1220. The minimum absolute atomic E-state index is 0.260. The van der Waals surface area contributed by atoms with Gasteiger partial charge >= 0.3 is 0 Å². The first-order valence-corrected chi connectivity index (χ1v) is 8.25. The highest BCUT2D eigenvalue weighted by Gasteiger charge is 2.15. The molecule has 0 spiro atoms. The maximum atomic E-state index is 13.1. The van der Waals surface area contributed by atoms with Gasteiger partial charge in [0.1, 0.15) is 11.8 Å². The topological polar surface area (TPSA) is 96.6 Å². The molecule has 0 aliphatic rings. The number of ether oxygens (including phenoxy) is 1. The molecule has 1 N–H and O–H groups in total. The van der Waals surface area contributed by atoms with Gasteiger partial charge in [0.05, 0.1) is 42.6 Å². The molecule has 0 aliphatic heterocycles. The van der Waals surface area contributed by atoms with E-state index in [9.17, 15) is 10.1 Å². The summed E-state index contributed by atoms with van der Waals surface area (Å²) in [5, 5.41) is 16.7. The molecular weight excluding hydrogens is 342 g/mol. The number of nitrogens with zero attached hydrogens (tertiary/aromatic N) is 4. The summed E-state index contributed by atoms with van der Waals surface area (Å²) in [6.45, 7) is 0.333. The average Bonchev–Trinajstić information content (AvgIpc) is 3.24. The summed E-state index contributed by atoms with van der Waals surface area (Å²) < 4.78 is 6.73. The molecule has 0 radical (unpaired) electrons. The smallest absolute Gasteiger partial charge is 0.262 e. The number of fused-ring (bicyclic) bond motifs is 1. The third-order valence-corrected chi connectivity index (χ3v) is 4.40. The van der Waals surface area contributed by atoms with Crippen LogP contribution >= 0.6 is 0 Å². The molecule has 0 unspecified atom stereocenters. The van der Waals surface area contributed by atoms with Crippen LogP contribution in [0.15, 0.2) is 59.9 Å². The van der Waals surface area contributed by atoms with Gasteiger partial charge in [0, 0.05) is 17.3 Å². The molecule has 2 heterocycles. The molecule has 0 aliphatic carbocycles. The number of aromatic nitrogens is 4. The highest BCUT2D eigenvalue weighted by molar-refractivity contribution is 5.91. The molecule has 7 heteroatoms. The molecule has 0 bridgehead atoms. The quantitative estimate of drug-likeness (QED) is 0.606. The Morgan fingerprint density at radius 2 is 2.19 bits per heavy atom. The number of nitrogens with one attached hydrogen (secondary N) is 1. The van der Waals surface area contributed by atoms with E-state index in [1.54, 1.807) is 31.6 Å². The summed E-state index contributed by atoms with van der Waals surface area (Å²) in [5.74, 6) is 0.717. The van der Waals surface area contributed by atoms with Crippen molar-refractivity contribution in [3.05, 3.63) is 76.6 Å². The lowest BCUT2D eigenvalue weighted by Crippen LogP contribution is -2.22. The van der Waals surface area contributed by atoms with Crippen molar-refractivity contribution < 1.29 is 4.74 Å². The van der Waals surface area contributed by atoms with Crippen molar-refractivity contribution in [3.8, 4) is 22.9 Å². The molecule has 0 saturated heterocycles. The third-order valence-electron chi connectivity index (χ3n) is 4.40. The van der Waals surface area contributed by atoms with Gasteiger partial charge in [-0.05, 0) is 23.8 Å². The summed E-state index contributed by atoms with van der Waals surface area (Å²) >= 11 is 0. The van der Waals surface area contributed by atoms with Crippen LogP contribution in [0.1, 0.15) is 11.1 Å². The summed E-state index contributed by atoms with van der Waals surface area (Å²) in [6, 6.07) is 13.2. The highest BCUT2D eigenvalue weighted by atomic mass is 16.5. The number of hydrogen-bond acceptors (Lipinski definition) is 5. The van der Waals surface area contributed by atoms with Crippen LogP contribution in [0.2, 0.25) is 0 Å². The Hall–Kier alpha value is -3.92. The van der Waals surface area contributed by atoms with Gasteiger partial charge in [0.15, 0.2) is 0 Å². The van der Waals surface area contributed by atoms with Gasteiger partial charge in [-0.15, -0.1) is 0 Å². The highest BCUT2D eigenvalue weighted by Crippen LogP contribution is 2.26. The standard InChI is InChI=1S/C20H15N5O2/c1-27-15-4-2-3-13(7-15)11-25-12-22-18-6-5-16(14-9-23-24-10-14)17(8-21)19(18)20(25)26/h2-7,9-10,12H,11H2,1H3,(H,23,24). The molecule has 27 heavy (non-hydrogen) atoms. The lowest BCUT2D eigenvalue weighted by molar-refractivity contribution is 0.414. The maximum absolute atomic E-state index is 13.1. The van der Waals surface area contributed by atoms with Gasteiger partial charge in [0.25, 0.3) is 5.56 Å². The first-order chi connectivity index (χ1) is 13.2. The average molecular weight is 357 g/mol. The minimum Gasteiger partial charge on any atom is -0.497 e. The molecule has 0 saturated carbocycles. The predicted octanol–water partition coefficient (Wildman–Crippen LogP) is 2.72. The number of rotatable bonds is 4. The van der Waals surface area contributed by atoms with E-state index < -0.39 is 0 Å². The number of hydrogen-bond donors (Lipinski definition) is 1.